The number of carbonyl (C=O) groups is 3. The number of rotatable bonds is 6. The number of allylic oxidation sites excluding steroid dienone is 1. The van der Waals surface area contributed by atoms with E-state index in [0.29, 0.717) is 23.6 Å². The highest BCUT2D eigenvalue weighted by Gasteiger charge is 2.14. The molecule has 6 heteroatoms. The van der Waals surface area contributed by atoms with Crippen LogP contribution < -0.4 is 0 Å². The van der Waals surface area contributed by atoms with E-state index in [-0.39, 0.29) is 11.5 Å². The van der Waals surface area contributed by atoms with Crippen LogP contribution in [0.25, 0.3) is 0 Å². The SMILES string of the molecule is CC(=O)c1ccc(Cc2cc[nH]c2C(=O)C=C(O)C(=O)O)cc1. The number of aliphatic carboxylic acids is 1. The summed E-state index contributed by atoms with van der Waals surface area (Å²) in [6.45, 7) is 1.49. The number of Topliss-reactive ketones (excluding diaryl/α,β-unsaturated/α-hetero) is 1. The molecule has 0 spiro atoms. The van der Waals surface area contributed by atoms with E-state index in [9.17, 15) is 14.4 Å². The number of aliphatic hydroxyl groups excluding tert-OH is 1. The van der Waals surface area contributed by atoms with Crippen molar-refractivity contribution in [3.63, 3.8) is 0 Å². The van der Waals surface area contributed by atoms with E-state index >= 15 is 0 Å². The summed E-state index contributed by atoms with van der Waals surface area (Å²) in [4.78, 5) is 36.6. The molecule has 118 valence electrons. The van der Waals surface area contributed by atoms with E-state index in [0.717, 1.165) is 5.56 Å². The first-order valence-electron chi connectivity index (χ1n) is 6.83. The Labute approximate surface area is 132 Å². The highest BCUT2D eigenvalue weighted by Crippen LogP contribution is 2.16. The van der Waals surface area contributed by atoms with Crippen LogP contribution >= 0.6 is 0 Å². The van der Waals surface area contributed by atoms with Gasteiger partial charge in [0, 0.05) is 17.8 Å². The largest absolute Gasteiger partial charge is 0.502 e. The number of benzene rings is 1. The second kappa shape index (κ2) is 6.74. The normalized spacial score (nSPS) is 11.3. The Morgan fingerprint density at radius 2 is 1.74 bits per heavy atom. The maximum absolute atomic E-state index is 12.0. The smallest absolute Gasteiger partial charge is 0.371 e. The van der Waals surface area contributed by atoms with Crippen LogP contribution in [0.15, 0.2) is 48.4 Å². The van der Waals surface area contributed by atoms with Gasteiger partial charge in [-0.05, 0) is 30.5 Å². The maximum atomic E-state index is 12.0. The van der Waals surface area contributed by atoms with Gasteiger partial charge in [-0.25, -0.2) is 4.79 Å². The molecule has 6 nitrogen and oxygen atoms in total. The molecule has 0 radical (unpaired) electrons. The van der Waals surface area contributed by atoms with Crippen molar-refractivity contribution in [1.29, 1.82) is 0 Å². The summed E-state index contributed by atoms with van der Waals surface area (Å²) in [5.41, 5.74) is 2.39. The molecule has 1 heterocycles. The van der Waals surface area contributed by atoms with Gasteiger partial charge in [0.25, 0.3) is 0 Å². The minimum Gasteiger partial charge on any atom is -0.502 e. The lowest BCUT2D eigenvalue weighted by molar-refractivity contribution is -0.135. The summed E-state index contributed by atoms with van der Waals surface area (Å²) in [6, 6.07) is 8.72. The Balaban J connectivity index is 2.21. The standard InChI is InChI=1S/C17H15NO5/c1-10(19)12-4-2-11(3-5-12)8-13-6-7-18-16(13)14(20)9-15(21)17(22)23/h2-7,9,18,21H,8H2,1H3,(H,22,23). The fraction of sp³-hybridized carbons (Fsp3) is 0.118. The second-order valence-corrected chi connectivity index (χ2v) is 5.01. The van der Waals surface area contributed by atoms with Gasteiger partial charge in [-0.1, -0.05) is 24.3 Å². The highest BCUT2D eigenvalue weighted by atomic mass is 16.4. The van der Waals surface area contributed by atoms with Crippen molar-refractivity contribution < 1.29 is 24.6 Å². The fourth-order valence-electron chi connectivity index (χ4n) is 2.11. The first-order valence-corrected chi connectivity index (χ1v) is 6.83. The van der Waals surface area contributed by atoms with Crippen molar-refractivity contribution in [2.75, 3.05) is 0 Å². The Bertz CT molecular complexity index is 784. The lowest BCUT2D eigenvalue weighted by atomic mass is 10.0. The average molecular weight is 313 g/mol. The second-order valence-electron chi connectivity index (χ2n) is 5.01. The number of aromatic amines is 1. The predicted octanol–water partition coefficient (Wildman–Crippen LogP) is 2.52. The van der Waals surface area contributed by atoms with Crippen LogP contribution in [0.1, 0.15) is 38.9 Å². The molecule has 0 unspecified atom stereocenters. The van der Waals surface area contributed by atoms with Gasteiger partial charge >= 0.3 is 5.97 Å². The zero-order chi connectivity index (χ0) is 17.0. The van der Waals surface area contributed by atoms with Crippen LogP contribution in [0.2, 0.25) is 0 Å². The molecule has 1 aromatic carbocycles. The summed E-state index contributed by atoms with van der Waals surface area (Å²) in [5.74, 6) is -3.22. The molecule has 2 aromatic rings. The van der Waals surface area contributed by atoms with Crippen molar-refractivity contribution in [3.8, 4) is 0 Å². The highest BCUT2D eigenvalue weighted by molar-refractivity contribution is 6.07. The summed E-state index contributed by atoms with van der Waals surface area (Å²) < 4.78 is 0. The molecule has 0 saturated heterocycles. The lowest BCUT2D eigenvalue weighted by Gasteiger charge is -2.03. The molecule has 23 heavy (non-hydrogen) atoms. The Morgan fingerprint density at radius 3 is 2.30 bits per heavy atom. The summed E-state index contributed by atoms with van der Waals surface area (Å²) in [7, 11) is 0. The number of H-pyrrole nitrogens is 1. The Kier molecular flexibility index (Phi) is 4.75. The van der Waals surface area contributed by atoms with Crippen molar-refractivity contribution in [2.45, 2.75) is 13.3 Å². The minimum atomic E-state index is -1.56. The molecule has 0 aliphatic carbocycles. The Hall–Kier alpha value is -3.15. The number of ketones is 2. The molecule has 3 N–H and O–H groups in total. The first-order chi connectivity index (χ1) is 10.9. The molecule has 0 amide bonds. The van der Waals surface area contributed by atoms with Crippen molar-refractivity contribution >= 4 is 17.5 Å². The molecular weight excluding hydrogens is 298 g/mol. The van der Waals surface area contributed by atoms with E-state index in [4.69, 9.17) is 10.2 Å². The lowest BCUT2D eigenvalue weighted by Crippen LogP contribution is -2.06. The topological polar surface area (TPSA) is 107 Å². The zero-order valence-electron chi connectivity index (χ0n) is 12.4. The van der Waals surface area contributed by atoms with E-state index in [1.54, 1.807) is 36.5 Å². The monoisotopic (exact) mass is 313 g/mol. The van der Waals surface area contributed by atoms with Gasteiger partial charge in [0.05, 0.1) is 5.69 Å². The van der Waals surface area contributed by atoms with Gasteiger partial charge < -0.3 is 15.2 Å². The van der Waals surface area contributed by atoms with E-state index < -0.39 is 17.5 Å². The summed E-state index contributed by atoms with van der Waals surface area (Å²) in [6.07, 6.45) is 2.67. The quantitative estimate of drug-likeness (QED) is 0.431. The number of carboxylic acid groups (broad SMARTS) is 1. The van der Waals surface area contributed by atoms with Crippen LogP contribution in [-0.2, 0) is 11.2 Å². The third-order valence-corrected chi connectivity index (χ3v) is 3.32. The molecule has 0 saturated carbocycles. The van der Waals surface area contributed by atoms with E-state index in [2.05, 4.69) is 4.98 Å². The number of hydrogen-bond donors (Lipinski definition) is 3. The van der Waals surface area contributed by atoms with Crippen LogP contribution in [-0.4, -0.2) is 32.7 Å². The summed E-state index contributed by atoms with van der Waals surface area (Å²) >= 11 is 0. The number of aromatic nitrogens is 1. The molecule has 0 atom stereocenters. The number of nitrogens with one attached hydrogen (secondary N) is 1. The molecule has 0 fully saturated rings. The van der Waals surface area contributed by atoms with Crippen molar-refractivity contribution in [2.24, 2.45) is 0 Å². The first kappa shape index (κ1) is 16.2. The van der Waals surface area contributed by atoms with Crippen LogP contribution in [0.4, 0.5) is 0 Å². The third kappa shape index (κ3) is 3.94. The predicted molar refractivity (Wildman–Crippen MR) is 82.7 cm³/mol. The minimum absolute atomic E-state index is 0.0247. The van der Waals surface area contributed by atoms with E-state index in [1.807, 2.05) is 0 Å². The fourth-order valence-corrected chi connectivity index (χ4v) is 2.11. The van der Waals surface area contributed by atoms with Crippen LogP contribution in [0, 0.1) is 0 Å². The van der Waals surface area contributed by atoms with Crippen LogP contribution in [0.5, 0.6) is 0 Å². The third-order valence-electron chi connectivity index (χ3n) is 3.32. The number of carboxylic acids is 1. The van der Waals surface area contributed by atoms with Gasteiger partial charge in [0.2, 0.25) is 11.5 Å². The van der Waals surface area contributed by atoms with Crippen LogP contribution in [0.3, 0.4) is 0 Å². The molecule has 0 bridgehead atoms. The Morgan fingerprint density at radius 1 is 1.09 bits per heavy atom. The summed E-state index contributed by atoms with van der Waals surface area (Å²) in [5, 5.41) is 17.7. The number of aliphatic hydroxyl groups is 1. The van der Waals surface area contributed by atoms with Crippen molar-refractivity contribution in [1.82, 2.24) is 4.98 Å². The van der Waals surface area contributed by atoms with Crippen molar-refractivity contribution in [3.05, 3.63) is 70.7 Å². The molecule has 1 aromatic heterocycles. The van der Waals surface area contributed by atoms with E-state index in [1.165, 1.54) is 6.92 Å². The van der Waals surface area contributed by atoms with Gasteiger partial charge in [-0.15, -0.1) is 0 Å². The molecule has 0 aliphatic heterocycles. The number of hydrogen-bond acceptors (Lipinski definition) is 4. The van der Waals surface area contributed by atoms with Gasteiger partial charge in [-0.3, -0.25) is 9.59 Å². The molecular formula is C17H15NO5. The maximum Gasteiger partial charge on any atom is 0.371 e. The van der Waals surface area contributed by atoms with Gasteiger partial charge in [-0.2, -0.15) is 0 Å². The van der Waals surface area contributed by atoms with Gasteiger partial charge in [0.1, 0.15) is 0 Å². The van der Waals surface area contributed by atoms with Gasteiger partial charge in [0.15, 0.2) is 5.78 Å². The number of carbonyl (C=O) groups excluding carboxylic acids is 2. The molecule has 0 aliphatic rings. The molecule has 2 rings (SSSR count). The zero-order valence-corrected chi connectivity index (χ0v) is 12.4. The average Bonchev–Trinajstić information content (AvgIpc) is 2.95.